The van der Waals surface area contributed by atoms with E-state index in [1.807, 2.05) is 31.4 Å². The third-order valence-electron chi connectivity index (χ3n) is 2.27. The second-order valence-electron chi connectivity index (χ2n) is 3.77. The molecule has 2 heterocycles. The lowest BCUT2D eigenvalue weighted by atomic mass is 10.1. The number of aliphatic hydroxyl groups excluding tert-OH is 1. The Kier molecular flexibility index (Phi) is 3.26. The topological polar surface area (TPSA) is 63.8 Å². The lowest BCUT2D eigenvalue weighted by Crippen LogP contribution is -2.14. The molecule has 0 aliphatic heterocycles. The van der Waals surface area contributed by atoms with E-state index < -0.39 is 6.10 Å². The Hall–Kier alpha value is -1.75. The number of pyridine rings is 1. The van der Waals surface area contributed by atoms with Gasteiger partial charge >= 0.3 is 0 Å². The third kappa shape index (κ3) is 2.87. The second-order valence-corrected chi connectivity index (χ2v) is 3.77. The summed E-state index contributed by atoms with van der Waals surface area (Å²) in [5.41, 5.74) is 1.69. The number of aliphatic hydroxyl groups is 1. The smallest absolute Gasteiger partial charge is 0.0852 e. The molecular weight excluding hydrogens is 204 g/mol. The van der Waals surface area contributed by atoms with E-state index in [4.69, 9.17) is 0 Å². The average Bonchev–Trinajstić information content (AvgIpc) is 2.65. The minimum atomic E-state index is -0.466. The fourth-order valence-corrected chi connectivity index (χ4v) is 1.56. The number of nitrogens with zero attached hydrogens (tertiary/aromatic N) is 4. The summed E-state index contributed by atoms with van der Waals surface area (Å²) in [5, 5.41) is 17.6. The average molecular weight is 218 g/mol. The van der Waals surface area contributed by atoms with Crippen LogP contribution in [0.4, 0.5) is 0 Å². The van der Waals surface area contributed by atoms with Crippen molar-refractivity contribution in [2.75, 3.05) is 0 Å². The van der Waals surface area contributed by atoms with Crippen LogP contribution in [-0.2, 0) is 19.9 Å². The van der Waals surface area contributed by atoms with Crippen LogP contribution in [0.5, 0.6) is 0 Å². The van der Waals surface area contributed by atoms with Crippen molar-refractivity contribution in [3.8, 4) is 0 Å². The van der Waals surface area contributed by atoms with Gasteiger partial charge in [0.15, 0.2) is 0 Å². The van der Waals surface area contributed by atoms with Crippen LogP contribution in [0.2, 0.25) is 0 Å². The van der Waals surface area contributed by atoms with Gasteiger partial charge in [0.05, 0.1) is 11.8 Å². The van der Waals surface area contributed by atoms with Gasteiger partial charge in [-0.2, -0.15) is 0 Å². The lowest BCUT2D eigenvalue weighted by Gasteiger charge is -2.07. The van der Waals surface area contributed by atoms with E-state index >= 15 is 0 Å². The first-order valence-corrected chi connectivity index (χ1v) is 5.17. The van der Waals surface area contributed by atoms with Crippen LogP contribution in [-0.4, -0.2) is 31.2 Å². The van der Waals surface area contributed by atoms with Crippen LogP contribution in [0.1, 0.15) is 11.4 Å². The normalized spacial score (nSPS) is 12.6. The van der Waals surface area contributed by atoms with E-state index in [2.05, 4.69) is 15.3 Å². The van der Waals surface area contributed by atoms with E-state index in [0.717, 1.165) is 11.4 Å². The van der Waals surface area contributed by atoms with Crippen LogP contribution in [0, 0.1) is 0 Å². The Labute approximate surface area is 93.8 Å². The monoisotopic (exact) mass is 218 g/mol. The van der Waals surface area contributed by atoms with Gasteiger partial charge in [0.2, 0.25) is 0 Å². The summed E-state index contributed by atoms with van der Waals surface area (Å²) in [6, 6.07) is 5.68. The van der Waals surface area contributed by atoms with Gasteiger partial charge in [0.25, 0.3) is 0 Å². The molecule has 0 fully saturated rings. The highest BCUT2D eigenvalue weighted by Crippen LogP contribution is 2.04. The fourth-order valence-electron chi connectivity index (χ4n) is 1.56. The van der Waals surface area contributed by atoms with Crippen molar-refractivity contribution in [1.82, 2.24) is 20.0 Å². The highest BCUT2D eigenvalue weighted by atomic mass is 16.3. The molecular formula is C11H14N4O. The molecule has 0 spiro atoms. The first kappa shape index (κ1) is 10.8. The molecule has 2 rings (SSSR count). The first-order valence-electron chi connectivity index (χ1n) is 5.17. The number of hydrogen-bond donors (Lipinski definition) is 1. The van der Waals surface area contributed by atoms with Gasteiger partial charge in [0, 0.05) is 38.0 Å². The van der Waals surface area contributed by atoms with Crippen molar-refractivity contribution in [3.63, 3.8) is 0 Å². The molecule has 5 nitrogen and oxygen atoms in total. The van der Waals surface area contributed by atoms with Crippen molar-refractivity contribution in [1.29, 1.82) is 0 Å². The fraction of sp³-hybridized carbons (Fsp3) is 0.364. The molecule has 1 N–H and O–H groups in total. The molecule has 1 unspecified atom stereocenters. The molecule has 1 atom stereocenters. The number of hydrogen-bond acceptors (Lipinski definition) is 4. The number of rotatable bonds is 4. The van der Waals surface area contributed by atoms with Crippen LogP contribution in [0.15, 0.2) is 30.6 Å². The molecule has 16 heavy (non-hydrogen) atoms. The predicted octanol–water partition coefficient (Wildman–Crippen LogP) is 0.356. The Balaban J connectivity index is 1.92. The highest BCUT2D eigenvalue weighted by Gasteiger charge is 2.09. The minimum Gasteiger partial charge on any atom is -0.392 e. The quantitative estimate of drug-likeness (QED) is 0.804. The van der Waals surface area contributed by atoms with E-state index in [1.54, 1.807) is 10.9 Å². The molecule has 0 amide bonds. The van der Waals surface area contributed by atoms with Crippen molar-refractivity contribution in [2.45, 2.75) is 18.9 Å². The molecule has 2 aromatic rings. The van der Waals surface area contributed by atoms with Crippen LogP contribution in [0.25, 0.3) is 0 Å². The molecule has 5 heteroatoms. The zero-order chi connectivity index (χ0) is 11.4. The molecule has 0 saturated carbocycles. The standard InChI is InChI=1S/C11H14N4O/c1-15-8-10(13-14-15)7-11(16)6-9-4-2-3-5-12-9/h2-5,8,11,16H,6-7H2,1H3. The van der Waals surface area contributed by atoms with E-state index in [9.17, 15) is 5.11 Å². The summed E-state index contributed by atoms with van der Waals surface area (Å²) < 4.78 is 1.63. The summed E-state index contributed by atoms with van der Waals surface area (Å²) >= 11 is 0. The van der Waals surface area contributed by atoms with Gasteiger partial charge in [-0.25, -0.2) is 0 Å². The zero-order valence-corrected chi connectivity index (χ0v) is 9.11. The van der Waals surface area contributed by atoms with Crippen molar-refractivity contribution in [3.05, 3.63) is 42.0 Å². The summed E-state index contributed by atoms with van der Waals surface area (Å²) in [7, 11) is 1.81. The maximum Gasteiger partial charge on any atom is 0.0852 e. The SMILES string of the molecule is Cn1cc(CC(O)Cc2ccccn2)nn1. The molecule has 0 radical (unpaired) electrons. The van der Waals surface area contributed by atoms with Gasteiger partial charge < -0.3 is 5.11 Å². The van der Waals surface area contributed by atoms with Gasteiger partial charge in [0.1, 0.15) is 0 Å². The minimum absolute atomic E-state index is 0.466. The van der Waals surface area contributed by atoms with Gasteiger partial charge in [-0.05, 0) is 12.1 Å². The van der Waals surface area contributed by atoms with Gasteiger partial charge in [-0.1, -0.05) is 11.3 Å². The summed E-state index contributed by atoms with van der Waals surface area (Å²) in [6.07, 6.45) is 4.11. The van der Waals surface area contributed by atoms with Crippen molar-refractivity contribution >= 4 is 0 Å². The van der Waals surface area contributed by atoms with Crippen molar-refractivity contribution < 1.29 is 5.11 Å². The number of aromatic nitrogens is 4. The first-order chi connectivity index (χ1) is 7.74. The van der Waals surface area contributed by atoms with Gasteiger partial charge in [-0.15, -0.1) is 5.10 Å². The molecule has 0 aromatic carbocycles. The molecule has 0 saturated heterocycles. The lowest BCUT2D eigenvalue weighted by molar-refractivity contribution is 0.173. The third-order valence-corrected chi connectivity index (χ3v) is 2.27. The molecule has 0 aliphatic carbocycles. The highest BCUT2D eigenvalue weighted by molar-refractivity contribution is 5.06. The van der Waals surface area contributed by atoms with Crippen LogP contribution in [0.3, 0.4) is 0 Å². The summed E-state index contributed by atoms with van der Waals surface area (Å²) in [4.78, 5) is 4.16. The molecule has 0 aliphatic rings. The molecule has 2 aromatic heterocycles. The largest absolute Gasteiger partial charge is 0.392 e. The van der Waals surface area contributed by atoms with Crippen LogP contribution < -0.4 is 0 Å². The Bertz CT molecular complexity index is 440. The molecule has 0 bridgehead atoms. The van der Waals surface area contributed by atoms with E-state index in [-0.39, 0.29) is 0 Å². The second kappa shape index (κ2) is 4.85. The summed E-state index contributed by atoms with van der Waals surface area (Å²) in [5.74, 6) is 0. The zero-order valence-electron chi connectivity index (χ0n) is 9.11. The predicted molar refractivity (Wildman–Crippen MR) is 58.7 cm³/mol. The summed E-state index contributed by atoms with van der Waals surface area (Å²) in [6.45, 7) is 0. The maximum absolute atomic E-state index is 9.85. The Morgan fingerprint density at radius 3 is 2.75 bits per heavy atom. The molecule has 84 valence electrons. The van der Waals surface area contributed by atoms with E-state index in [1.165, 1.54) is 0 Å². The maximum atomic E-state index is 9.85. The number of aryl methyl sites for hydroxylation is 1. The van der Waals surface area contributed by atoms with Crippen molar-refractivity contribution in [2.24, 2.45) is 7.05 Å². The van der Waals surface area contributed by atoms with Gasteiger partial charge in [-0.3, -0.25) is 9.67 Å². The van der Waals surface area contributed by atoms with E-state index in [0.29, 0.717) is 12.8 Å². The Morgan fingerprint density at radius 2 is 2.12 bits per heavy atom. The van der Waals surface area contributed by atoms with Crippen LogP contribution >= 0.6 is 0 Å². The Morgan fingerprint density at radius 1 is 1.31 bits per heavy atom.